The molecule has 0 saturated heterocycles. The summed E-state index contributed by atoms with van der Waals surface area (Å²) in [4.78, 5) is 37.0. The van der Waals surface area contributed by atoms with E-state index in [4.69, 9.17) is 18.9 Å². The molecule has 1 N–H and O–H groups in total. The van der Waals surface area contributed by atoms with Crippen molar-refractivity contribution in [2.45, 2.75) is 13.0 Å². The van der Waals surface area contributed by atoms with Crippen molar-refractivity contribution in [3.63, 3.8) is 0 Å². The molecule has 1 aromatic rings. The molecule has 2 amide bonds. The second kappa shape index (κ2) is 9.50. The summed E-state index contributed by atoms with van der Waals surface area (Å²) in [6.07, 6.45) is -0.935. The SMILES string of the molecule is COc1cc(C(=O)NCC(=O)OC(C)C(=O)N(C)C)cc(OC)c1OC. The third kappa shape index (κ3) is 5.27. The summed E-state index contributed by atoms with van der Waals surface area (Å²) in [5.74, 6) is -0.646. The van der Waals surface area contributed by atoms with Crippen LogP contribution in [0, 0.1) is 0 Å². The van der Waals surface area contributed by atoms with Gasteiger partial charge < -0.3 is 29.2 Å². The summed E-state index contributed by atoms with van der Waals surface area (Å²) >= 11 is 0. The number of nitrogens with one attached hydrogen (secondary N) is 1. The molecule has 9 nitrogen and oxygen atoms in total. The topological polar surface area (TPSA) is 103 Å². The van der Waals surface area contributed by atoms with Crippen molar-refractivity contribution in [1.82, 2.24) is 10.2 Å². The fraction of sp³-hybridized carbons (Fsp3) is 0.471. The number of nitrogens with zero attached hydrogens (tertiary/aromatic N) is 1. The Labute approximate surface area is 152 Å². The standard InChI is InChI=1S/C17H24N2O7/c1-10(17(22)19(2)3)26-14(20)9-18-16(21)11-7-12(23-4)15(25-6)13(8-11)24-5/h7-8,10H,9H2,1-6H3,(H,18,21). The van der Waals surface area contributed by atoms with E-state index >= 15 is 0 Å². The number of likely N-dealkylation sites (N-methyl/N-ethyl adjacent to an activating group) is 1. The van der Waals surface area contributed by atoms with Crippen LogP contribution in [0.4, 0.5) is 0 Å². The highest BCUT2D eigenvalue weighted by Gasteiger charge is 2.21. The van der Waals surface area contributed by atoms with E-state index in [9.17, 15) is 14.4 Å². The number of benzene rings is 1. The molecular weight excluding hydrogens is 344 g/mol. The number of esters is 1. The largest absolute Gasteiger partial charge is 0.493 e. The van der Waals surface area contributed by atoms with Crippen LogP contribution in [0.1, 0.15) is 17.3 Å². The van der Waals surface area contributed by atoms with Crippen LogP contribution in [0.15, 0.2) is 12.1 Å². The lowest BCUT2D eigenvalue weighted by atomic mass is 10.1. The van der Waals surface area contributed by atoms with Crippen molar-refractivity contribution < 1.29 is 33.3 Å². The molecule has 1 aromatic carbocycles. The van der Waals surface area contributed by atoms with Crippen LogP contribution in [0.3, 0.4) is 0 Å². The van der Waals surface area contributed by atoms with E-state index in [2.05, 4.69) is 5.32 Å². The first-order valence-electron chi connectivity index (χ1n) is 7.74. The average molecular weight is 368 g/mol. The Hall–Kier alpha value is -2.97. The van der Waals surface area contributed by atoms with Crippen LogP contribution in [-0.2, 0) is 14.3 Å². The molecule has 9 heteroatoms. The van der Waals surface area contributed by atoms with Gasteiger partial charge in [-0.2, -0.15) is 0 Å². The Morgan fingerprint density at radius 3 is 2.00 bits per heavy atom. The van der Waals surface area contributed by atoms with Crippen molar-refractivity contribution >= 4 is 17.8 Å². The van der Waals surface area contributed by atoms with Crippen molar-refractivity contribution in [2.75, 3.05) is 42.0 Å². The fourth-order valence-electron chi connectivity index (χ4n) is 2.12. The molecule has 0 aliphatic heterocycles. The fourth-order valence-corrected chi connectivity index (χ4v) is 2.12. The molecule has 0 radical (unpaired) electrons. The van der Waals surface area contributed by atoms with E-state index in [-0.39, 0.29) is 18.0 Å². The zero-order valence-corrected chi connectivity index (χ0v) is 15.7. The van der Waals surface area contributed by atoms with Gasteiger partial charge in [-0.15, -0.1) is 0 Å². The minimum absolute atomic E-state index is 0.213. The molecule has 0 aliphatic rings. The van der Waals surface area contributed by atoms with E-state index in [1.807, 2.05) is 0 Å². The third-order valence-electron chi connectivity index (χ3n) is 3.42. The molecule has 0 aliphatic carbocycles. The highest BCUT2D eigenvalue weighted by atomic mass is 16.5. The zero-order chi connectivity index (χ0) is 19.9. The average Bonchev–Trinajstić information content (AvgIpc) is 2.63. The maximum atomic E-state index is 12.3. The lowest BCUT2D eigenvalue weighted by molar-refractivity contribution is -0.157. The van der Waals surface area contributed by atoms with Gasteiger partial charge in [0.25, 0.3) is 11.8 Å². The van der Waals surface area contributed by atoms with Crippen LogP contribution in [0.5, 0.6) is 17.2 Å². The summed E-state index contributed by atoms with van der Waals surface area (Å²) in [6, 6.07) is 2.92. The molecule has 1 unspecified atom stereocenters. The molecule has 144 valence electrons. The van der Waals surface area contributed by atoms with Gasteiger partial charge in [0.05, 0.1) is 21.3 Å². The lowest BCUT2D eigenvalue weighted by Crippen LogP contribution is -2.38. The molecular formula is C17H24N2O7. The molecule has 1 rings (SSSR count). The number of carbonyl (C=O) groups is 3. The van der Waals surface area contributed by atoms with Crippen LogP contribution in [-0.4, -0.2) is 70.8 Å². The van der Waals surface area contributed by atoms with Gasteiger partial charge in [0.15, 0.2) is 17.6 Å². The monoisotopic (exact) mass is 368 g/mol. The molecule has 0 bridgehead atoms. The van der Waals surface area contributed by atoms with Gasteiger partial charge >= 0.3 is 5.97 Å². The zero-order valence-electron chi connectivity index (χ0n) is 15.7. The number of rotatable bonds is 8. The van der Waals surface area contributed by atoms with Crippen LogP contribution in [0.25, 0.3) is 0 Å². The van der Waals surface area contributed by atoms with E-state index < -0.39 is 18.0 Å². The molecule has 1 atom stereocenters. The van der Waals surface area contributed by atoms with Crippen LogP contribution >= 0.6 is 0 Å². The smallest absolute Gasteiger partial charge is 0.326 e. The molecule has 0 fully saturated rings. The first-order valence-corrected chi connectivity index (χ1v) is 7.74. The van der Waals surface area contributed by atoms with Gasteiger partial charge in [-0.25, -0.2) is 0 Å². The van der Waals surface area contributed by atoms with Crippen molar-refractivity contribution in [3.8, 4) is 17.2 Å². The number of carbonyl (C=O) groups excluding carboxylic acids is 3. The highest BCUT2D eigenvalue weighted by Crippen LogP contribution is 2.38. The summed E-state index contributed by atoms with van der Waals surface area (Å²) in [5.41, 5.74) is 0.213. The molecule has 0 saturated carbocycles. The quantitative estimate of drug-likeness (QED) is 0.665. The Bertz CT molecular complexity index is 648. The van der Waals surface area contributed by atoms with Gasteiger partial charge in [0, 0.05) is 19.7 Å². The van der Waals surface area contributed by atoms with E-state index in [1.54, 1.807) is 14.1 Å². The maximum absolute atomic E-state index is 12.3. The number of amides is 2. The van der Waals surface area contributed by atoms with Crippen LogP contribution < -0.4 is 19.5 Å². The minimum atomic E-state index is -0.935. The number of ether oxygens (including phenoxy) is 4. The second-order valence-electron chi connectivity index (χ2n) is 5.46. The minimum Gasteiger partial charge on any atom is -0.493 e. The van der Waals surface area contributed by atoms with Crippen molar-refractivity contribution in [2.24, 2.45) is 0 Å². The predicted molar refractivity (Wildman–Crippen MR) is 92.7 cm³/mol. The van der Waals surface area contributed by atoms with Gasteiger partial charge in [0.2, 0.25) is 5.75 Å². The van der Waals surface area contributed by atoms with Crippen molar-refractivity contribution in [3.05, 3.63) is 17.7 Å². The Balaban J connectivity index is 2.76. The summed E-state index contributed by atoms with van der Waals surface area (Å²) in [6.45, 7) is 1.07. The first kappa shape index (κ1) is 21.1. The van der Waals surface area contributed by atoms with Crippen LogP contribution in [0.2, 0.25) is 0 Å². The summed E-state index contributed by atoms with van der Waals surface area (Å²) < 4.78 is 20.5. The van der Waals surface area contributed by atoms with Gasteiger partial charge in [-0.05, 0) is 19.1 Å². The van der Waals surface area contributed by atoms with Crippen molar-refractivity contribution in [1.29, 1.82) is 0 Å². The van der Waals surface area contributed by atoms with Gasteiger partial charge in [-0.1, -0.05) is 0 Å². The second-order valence-corrected chi connectivity index (χ2v) is 5.46. The lowest BCUT2D eigenvalue weighted by Gasteiger charge is -2.17. The molecule has 26 heavy (non-hydrogen) atoms. The van der Waals surface area contributed by atoms with Gasteiger partial charge in [-0.3, -0.25) is 14.4 Å². The van der Waals surface area contributed by atoms with E-state index in [1.165, 1.54) is 45.3 Å². The molecule has 0 spiro atoms. The van der Waals surface area contributed by atoms with E-state index in [0.29, 0.717) is 17.2 Å². The normalized spacial score (nSPS) is 11.2. The first-order chi connectivity index (χ1) is 12.2. The Morgan fingerprint density at radius 1 is 1.04 bits per heavy atom. The highest BCUT2D eigenvalue weighted by molar-refractivity contribution is 5.97. The third-order valence-corrected chi connectivity index (χ3v) is 3.42. The maximum Gasteiger partial charge on any atom is 0.326 e. The summed E-state index contributed by atoms with van der Waals surface area (Å²) in [7, 11) is 7.42. The number of hydrogen-bond acceptors (Lipinski definition) is 7. The van der Waals surface area contributed by atoms with Gasteiger partial charge in [0.1, 0.15) is 6.54 Å². The molecule has 0 heterocycles. The van der Waals surface area contributed by atoms with E-state index in [0.717, 1.165) is 0 Å². The number of methoxy groups -OCH3 is 3. The Kier molecular flexibility index (Phi) is 7.70. The molecule has 0 aromatic heterocycles. The Morgan fingerprint density at radius 2 is 1.58 bits per heavy atom. The summed E-state index contributed by atoms with van der Waals surface area (Å²) in [5, 5.41) is 2.42. The predicted octanol–water partition coefficient (Wildman–Crippen LogP) is 0.462. The number of hydrogen-bond donors (Lipinski definition) is 1.